The van der Waals surface area contributed by atoms with E-state index in [9.17, 15) is 4.79 Å². The van der Waals surface area contributed by atoms with Crippen molar-refractivity contribution in [3.63, 3.8) is 0 Å². The van der Waals surface area contributed by atoms with E-state index in [4.69, 9.17) is 4.74 Å². The molecule has 118 valence electrons. The highest BCUT2D eigenvalue weighted by Crippen LogP contribution is 2.28. The molecule has 1 saturated heterocycles. The Balaban J connectivity index is 1.73. The fourth-order valence-electron chi connectivity index (χ4n) is 3.33. The highest BCUT2D eigenvalue weighted by molar-refractivity contribution is 6.05. The number of rotatable bonds is 2. The number of hydrogen-bond donors (Lipinski definition) is 1. The predicted molar refractivity (Wildman–Crippen MR) is 88.3 cm³/mol. The lowest BCUT2D eigenvalue weighted by Crippen LogP contribution is -2.44. The summed E-state index contributed by atoms with van der Waals surface area (Å²) in [4.78, 5) is 18.3. The molecule has 1 atom stereocenters. The van der Waals surface area contributed by atoms with Crippen LogP contribution < -0.4 is 0 Å². The van der Waals surface area contributed by atoms with Gasteiger partial charge in [-0.3, -0.25) is 4.79 Å². The van der Waals surface area contributed by atoms with E-state index in [0.29, 0.717) is 25.3 Å². The van der Waals surface area contributed by atoms with Crippen LogP contribution in [0.5, 0.6) is 0 Å². The molecule has 4 rings (SSSR count). The quantitative estimate of drug-likeness (QED) is 0.791. The molecule has 0 bridgehead atoms. The van der Waals surface area contributed by atoms with Crippen molar-refractivity contribution in [3.05, 3.63) is 60.0 Å². The molecule has 0 saturated carbocycles. The molecule has 1 amide bonds. The maximum absolute atomic E-state index is 13.2. The first-order valence-corrected chi connectivity index (χ1v) is 7.82. The summed E-state index contributed by atoms with van der Waals surface area (Å²) in [6.07, 6.45) is 3.87. The Kier molecular flexibility index (Phi) is 3.42. The Morgan fingerprint density at radius 1 is 1.26 bits per heavy atom. The molecule has 1 aliphatic rings. The first-order chi connectivity index (χ1) is 11.3. The minimum atomic E-state index is -0.0542. The summed E-state index contributed by atoms with van der Waals surface area (Å²) in [6.45, 7) is 1.71. The molecule has 1 fully saturated rings. The maximum atomic E-state index is 13.2. The van der Waals surface area contributed by atoms with Crippen LogP contribution in [0.25, 0.3) is 10.9 Å². The molecule has 1 aliphatic heterocycles. The monoisotopic (exact) mass is 309 g/mol. The molecule has 3 heterocycles. The Hall–Kier alpha value is -2.53. The normalized spacial score (nSPS) is 18.5. The van der Waals surface area contributed by atoms with Crippen LogP contribution in [0.15, 0.2) is 48.8 Å². The lowest BCUT2D eigenvalue weighted by molar-refractivity contribution is -0.00453. The summed E-state index contributed by atoms with van der Waals surface area (Å²) in [5, 5.41) is 1.06. The first-order valence-electron chi connectivity index (χ1n) is 7.82. The Labute approximate surface area is 134 Å². The molecule has 1 N–H and O–H groups in total. The third kappa shape index (κ3) is 2.33. The number of benzene rings is 1. The standard InChI is InChI=1S/C18H19N3O2/c1-20-9-3-6-15(20)16-12-23-11-10-21(16)18(22)14-5-2-4-13-7-8-19-17(13)14/h2-9,16,19H,10-12H2,1H3. The van der Waals surface area contributed by atoms with Gasteiger partial charge in [-0.25, -0.2) is 0 Å². The smallest absolute Gasteiger partial charge is 0.256 e. The summed E-state index contributed by atoms with van der Waals surface area (Å²) in [6, 6.07) is 11.8. The van der Waals surface area contributed by atoms with Crippen molar-refractivity contribution in [1.29, 1.82) is 0 Å². The summed E-state index contributed by atoms with van der Waals surface area (Å²) in [5.41, 5.74) is 2.71. The van der Waals surface area contributed by atoms with E-state index in [1.807, 2.05) is 54.7 Å². The van der Waals surface area contributed by atoms with Crippen LogP contribution in [-0.2, 0) is 11.8 Å². The van der Waals surface area contributed by atoms with E-state index in [1.165, 1.54) is 0 Å². The van der Waals surface area contributed by atoms with Crippen LogP contribution in [0.4, 0.5) is 0 Å². The van der Waals surface area contributed by atoms with E-state index >= 15 is 0 Å². The van der Waals surface area contributed by atoms with Gasteiger partial charge < -0.3 is 19.2 Å². The van der Waals surface area contributed by atoms with Crippen molar-refractivity contribution in [3.8, 4) is 0 Å². The number of para-hydroxylation sites is 1. The number of hydrogen-bond acceptors (Lipinski definition) is 2. The van der Waals surface area contributed by atoms with E-state index < -0.39 is 0 Å². The lowest BCUT2D eigenvalue weighted by Gasteiger charge is -2.36. The molecule has 1 unspecified atom stereocenters. The number of aromatic amines is 1. The number of nitrogens with one attached hydrogen (secondary N) is 1. The SMILES string of the molecule is Cn1cccc1C1COCCN1C(=O)c1cccc2cc[nH]c12. The molecule has 23 heavy (non-hydrogen) atoms. The fraction of sp³-hybridized carbons (Fsp3) is 0.278. The zero-order chi connectivity index (χ0) is 15.8. The van der Waals surface area contributed by atoms with E-state index in [0.717, 1.165) is 16.6 Å². The summed E-state index contributed by atoms with van der Waals surface area (Å²) < 4.78 is 7.69. The van der Waals surface area contributed by atoms with Gasteiger partial charge >= 0.3 is 0 Å². The van der Waals surface area contributed by atoms with Crippen LogP contribution >= 0.6 is 0 Å². The second kappa shape index (κ2) is 5.59. The number of ether oxygens (including phenoxy) is 1. The molecule has 2 aromatic heterocycles. The van der Waals surface area contributed by atoms with Crippen molar-refractivity contribution in [1.82, 2.24) is 14.5 Å². The van der Waals surface area contributed by atoms with Gasteiger partial charge in [0.25, 0.3) is 5.91 Å². The number of morpholine rings is 1. The highest BCUT2D eigenvalue weighted by Gasteiger charge is 2.31. The Bertz CT molecular complexity index is 849. The largest absolute Gasteiger partial charge is 0.377 e. The van der Waals surface area contributed by atoms with Gasteiger partial charge in [-0.15, -0.1) is 0 Å². The van der Waals surface area contributed by atoms with Crippen molar-refractivity contribution in [2.24, 2.45) is 7.05 Å². The predicted octanol–water partition coefficient (Wildman–Crippen LogP) is 2.72. The highest BCUT2D eigenvalue weighted by atomic mass is 16.5. The minimum Gasteiger partial charge on any atom is -0.377 e. The molecular formula is C18H19N3O2. The molecular weight excluding hydrogens is 290 g/mol. The number of aromatic nitrogens is 2. The number of carbonyl (C=O) groups is 1. The topological polar surface area (TPSA) is 50.3 Å². The van der Waals surface area contributed by atoms with Crippen molar-refractivity contribution < 1.29 is 9.53 Å². The van der Waals surface area contributed by atoms with Gasteiger partial charge in [0.05, 0.1) is 30.3 Å². The molecule has 0 spiro atoms. The van der Waals surface area contributed by atoms with Crippen molar-refractivity contribution >= 4 is 16.8 Å². The molecule has 3 aromatic rings. The average Bonchev–Trinajstić information content (AvgIpc) is 3.22. The second-order valence-corrected chi connectivity index (χ2v) is 5.88. The Morgan fingerprint density at radius 3 is 3.00 bits per heavy atom. The number of fused-ring (bicyclic) bond motifs is 1. The number of H-pyrrole nitrogens is 1. The third-order valence-corrected chi connectivity index (χ3v) is 4.53. The summed E-state index contributed by atoms with van der Waals surface area (Å²) in [5.74, 6) is 0.0487. The number of amides is 1. The van der Waals surface area contributed by atoms with Gasteiger partial charge in [-0.1, -0.05) is 12.1 Å². The first kappa shape index (κ1) is 14.1. The second-order valence-electron chi connectivity index (χ2n) is 5.88. The molecule has 1 aromatic carbocycles. The van der Waals surface area contributed by atoms with E-state index in [-0.39, 0.29) is 11.9 Å². The van der Waals surface area contributed by atoms with Gasteiger partial charge in [0.1, 0.15) is 0 Å². The van der Waals surface area contributed by atoms with Gasteiger partial charge in [0.15, 0.2) is 0 Å². The van der Waals surface area contributed by atoms with Crippen molar-refractivity contribution in [2.75, 3.05) is 19.8 Å². The number of aryl methyl sites for hydroxylation is 1. The fourth-order valence-corrected chi connectivity index (χ4v) is 3.33. The van der Waals surface area contributed by atoms with Gasteiger partial charge in [-0.05, 0) is 24.3 Å². The van der Waals surface area contributed by atoms with Crippen LogP contribution in [-0.4, -0.2) is 40.1 Å². The molecule has 0 radical (unpaired) electrons. The van der Waals surface area contributed by atoms with Gasteiger partial charge in [0, 0.05) is 37.1 Å². The van der Waals surface area contributed by atoms with Crippen LogP contribution in [0.3, 0.4) is 0 Å². The van der Waals surface area contributed by atoms with Crippen LogP contribution in [0.2, 0.25) is 0 Å². The lowest BCUT2D eigenvalue weighted by atomic mass is 10.1. The maximum Gasteiger partial charge on any atom is 0.256 e. The molecule has 0 aliphatic carbocycles. The van der Waals surface area contributed by atoms with Crippen molar-refractivity contribution in [2.45, 2.75) is 6.04 Å². The van der Waals surface area contributed by atoms with Crippen LogP contribution in [0.1, 0.15) is 22.1 Å². The van der Waals surface area contributed by atoms with Gasteiger partial charge in [-0.2, -0.15) is 0 Å². The minimum absolute atomic E-state index is 0.0487. The summed E-state index contributed by atoms with van der Waals surface area (Å²) in [7, 11) is 2.00. The zero-order valence-corrected chi connectivity index (χ0v) is 13.0. The van der Waals surface area contributed by atoms with Gasteiger partial charge in [0.2, 0.25) is 0 Å². The molecule has 5 nitrogen and oxygen atoms in total. The zero-order valence-electron chi connectivity index (χ0n) is 13.0. The average molecular weight is 309 g/mol. The third-order valence-electron chi connectivity index (χ3n) is 4.53. The number of carbonyl (C=O) groups excluding carboxylic acids is 1. The van der Waals surface area contributed by atoms with Crippen LogP contribution in [0, 0.1) is 0 Å². The number of nitrogens with zero attached hydrogens (tertiary/aromatic N) is 2. The Morgan fingerprint density at radius 2 is 2.17 bits per heavy atom. The molecule has 5 heteroatoms. The van der Waals surface area contributed by atoms with E-state index in [1.54, 1.807) is 0 Å². The van der Waals surface area contributed by atoms with E-state index in [2.05, 4.69) is 15.6 Å². The summed E-state index contributed by atoms with van der Waals surface area (Å²) >= 11 is 0.